The maximum atomic E-state index is 12.8. The molecule has 0 N–H and O–H groups in total. The highest BCUT2D eigenvalue weighted by Crippen LogP contribution is 2.42. The molecule has 0 aromatic heterocycles. The van der Waals surface area contributed by atoms with Gasteiger partial charge in [-0.25, -0.2) is 4.79 Å². The van der Waals surface area contributed by atoms with Gasteiger partial charge in [0, 0.05) is 19.6 Å². The molecule has 0 radical (unpaired) electrons. The molecule has 1 unspecified atom stereocenters. The standard InChI is InChI=1S/C32H46N2O2/c1-32(2,3)36-31(35)33(4)29-22-28(30(23-29)27-16-9-6-10-17-27)24-34-20-18-26(19-21-34)15-11-14-25-12-7-5-8-13-25/h5-10,12-13,16-17,26,28-30H,11,14-15,18-24H2,1-4H3/t28-,29?,30-/m1/s1. The Bertz CT molecular complexity index is 932. The van der Waals surface area contributed by atoms with Gasteiger partial charge in [-0.15, -0.1) is 0 Å². The third kappa shape index (κ3) is 7.59. The molecule has 4 rings (SSSR count). The van der Waals surface area contributed by atoms with Gasteiger partial charge in [0.1, 0.15) is 5.60 Å². The Kier molecular flexibility index (Phi) is 9.11. The summed E-state index contributed by atoms with van der Waals surface area (Å²) >= 11 is 0. The van der Waals surface area contributed by atoms with E-state index in [1.807, 2.05) is 32.7 Å². The zero-order valence-corrected chi connectivity index (χ0v) is 22.9. The minimum absolute atomic E-state index is 0.198. The summed E-state index contributed by atoms with van der Waals surface area (Å²) in [6.07, 6.45) is 8.35. The molecule has 4 nitrogen and oxygen atoms in total. The van der Waals surface area contributed by atoms with Crippen LogP contribution in [0.4, 0.5) is 4.79 Å². The molecule has 1 aliphatic heterocycles. The van der Waals surface area contributed by atoms with Crippen LogP contribution in [0.2, 0.25) is 0 Å². The summed E-state index contributed by atoms with van der Waals surface area (Å²) in [5.74, 6) is 1.92. The van der Waals surface area contributed by atoms with Gasteiger partial charge in [-0.1, -0.05) is 67.1 Å². The number of hydrogen-bond donors (Lipinski definition) is 0. The molecule has 2 fully saturated rings. The van der Waals surface area contributed by atoms with Gasteiger partial charge < -0.3 is 14.5 Å². The van der Waals surface area contributed by atoms with Gasteiger partial charge in [-0.2, -0.15) is 0 Å². The lowest BCUT2D eigenvalue weighted by Crippen LogP contribution is -2.40. The second-order valence-corrected chi connectivity index (χ2v) is 12.1. The lowest BCUT2D eigenvalue weighted by atomic mass is 9.87. The van der Waals surface area contributed by atoms with Crippen LogP contribution in [0.3, 0.4) is 0 Å². The maximum Gasteiger partial charge on any atom is 0.410 e. The smallest absolute Gasteiger partial charge is 0.410 e. The Morgan fingerprint density at radius 3 is 2.25 bits per heavy atom. The average Bonchev–Trinajstić information content (AvgIpc) is 3.28. The fraction of sp³-hybridized carbons (Fsp3) is 0.594. The predicted octanol–water partition coefficient (Wildman–Crippen LogP) is 7.15. The van der Waals surface area contributed by atoms with Crippen molar-refractivity contribution < 1.29 is 9.53 Å². The third-order valence-corrected chi connectivity index (χ3v) is 8.25. The Labute approximate surface area is 219 Å². The topological polar surface area (TPSA) is 32.8 Å². The van der Waals surface area contributed by atoms with E-state index in [0.29, 0.717) is 11.8 Å². The van der Waals surface area contributed by atoms with E-state index in [0.717, 1.165) is 25.3 Å². The van der Waals surface area contributed by atoms with E-state index in [-0.39, 0.29) is 12.1 Å². The highest BCUT2D eigenvalue weighted by Gasteiger charge is 2.40. The average molecular weight is 491 g/mol. The molecule has 2 aliphatic rings. The van der Waals surface area contributed by atoms with Crippen LogP contribution in [-0.2, 0) is 11.2 Å². The van der Waals surface area contributed by atoms with Crippen molar-refractivity contribution in [3.8, 4) is 0 Å². The quantitative estimate of drug-likeness (QED) is 0.394. The Balaban J connectivity index is 1.30. The minimum atomic E-state index is -0.465. The Morgan fingerprint density at radius 1 is 0.972 bits per heavy atom. The predicted molar refractivity (Wildman–Crippen MR) is 148 cm³/mol. The van der Waals surface area contributed by atoms with Crippen LogP contribution in [0.25, 0.3) is 0 Å². The molecule has 0 spiro atoms. The molecule has 1 saturated heterocycles. The summed E-state index contributed by atoms with van der Waals surface area (Å²) in [5, 5.41) is 0. The van der Waals surface area contributed by atoms with Gasteiger partial charge in [0.15, 0.2) is 0 Å². The fourth-order valence-corrected chi connectivity index (χ4v) is 6.23. The van der Waals surface area contributed by atoms with Gasteiger partial charge in [0.2, 0.25) is 0 Å². The number of hydrogen-bond acceptors (Lipinski definition) is 3. The maximum absolute atomic E-state index is 12.8. The summed E-state index contributed by atoms with van der Waals surface area (Å²) in [6.45, 7) is 9.37. The lowest BCUT2D eigenvalue weighted by Gasteiger charge is -2.35. The van der Waals surface area contributed by atoms with Gasteiger partial charge >= 0.3 is 6.09 Å². The monoisotopic (exact) mass is 490 g/mol. The van der Waals surface area contributed by atoms with E-state index in [9.17, 15) is 4.79 Å². The first-order chi connectivity index (χ1) is 17.3. The fourth-order valence-electron chi connectivity index (χ4n) is 6.23. The molecular formula is C32H46N2O2. The lowest BCUT2D eigenvalue weighted by molar-refractivity contribution is 0.0221. The highest BCUT2D eigenvalue weighted by atomic mass is 16.6. The van der Waals surface area contributed by atoms with Crippen molar-refractivity contribution in [2.75, 3.05) is 26.7 Å². The van der Waals surface area contributed by atoms with E-state index in [1.54, 1.807) is 0 Å². The second-order valence-electron chi connectivity index (χ2n) is 12.1. The molecular weight excluding hydrogens is 444 g/mol. The third-order valence-electron chi connectivity index (χ3n) is 8.25. The van der Waals surface area contributed by atoms with Gasteiger partial charge in [0.05, 0.1) is 0 Å². The van der Waals surface area contributed by atoms with Crippen LogP contribution in [-0.4, -0.2) is 54.2 Å². The molecule has 36 heavy (non-hydrogen) atoms. The first kappa shape index (κ1) is 26.7. The molecule has 4 heteroatoms. The van der Waals surface area contributed by atoms with Crippen molar-refractivity contribution in [3.63, 3.8) is 0 Å². The van der Waals surface area contributed by atoms with Crippen molar-refractivity contribution in [3.05, 3.63) is 71.8 Å². The van der Waals surface area contributed by atoms with E-state index in [2.05, 4.69) is 65.6 Å². The minimum Gasteiger partial charge on any atom is -0.444 e. The van der Waals surface area contributed by atoms with Crippen molar-refractivity contribution in [1.29, 1.82) is 0 Å². The van der Waals surface area contributed by atoms with Crippen LogP contribution in [0.5, 0.6) is 0 Å². The van der Waals surface area contributed by atoms with Crippen LogP contribution in [0.15, 0.2) is 60.7 Å². The highest BCUT2D eigenvalue weighted by molar-refractivity contribution is 5.68. The van der Waals surface area contributed by atoms with Crippen molar-refractivity contribution >= 4 is 6.09 Å². The molecule has 3 atom stereocenters. The largest absolute Gasteiger partial charge is 0.444 e. The number of rotatable bonds is 8. The number of ether oxygens (including phenoxy) is 1. The second kappa shape index (κ2) is 12.3. The van der Waals surface area contributed by atoms with Crippen LogP contribution in [0.1, 0.15) is 76.3 Å². The van der Waals surface area contributed by atoms with Gasteiger partial charge in [-0.05, 0) is 101 Å². The molecule has 2 aromatic rings. The van der Waals surface area contributed by atoms with Crippen molar-refractivity contribution in [2.45, 2.75) is 83.3 Å². The normalized spacial score (nSPS) is 23.5. The zero-order valence-electron chi connectivity index (χ0n) is 22.9. The van der Waals surface area contributed by atoms with E-state index >= 15 is 0 Å². The van der Waals surface area contributed by atoms with Gasteiger partial charge in [-0.3, -0.25) is 0 Å². The molecule has 1 amide bonds. The van der Waals surface area contributed by atoms with Crippen molar-refractivity contribution in [1.82, 2.24) is 9.80 Å². The van der Waals surface area contributed by atoms with Crippen LogP contribution >= 0.6 is 0 Å². The number of carbonyl (C=O) groups excluding carboxylic acids is 1. The van der Waals surface area contributed by atoms with Gasteiger partial charge in [0.25, 0.3) is 0 Å². The number of nitrogens with zero attached hydrogens (tertiary/aromatic N) is 2. The number of carbonyl (C=O) groups is 1. The summed E-state index contributed by atoms with van der Waals surface area (Å²) in [6, 6.07) is 22.1. The molecule has 2 aromatic carbocycles. The molecule has 196 valence electrons. The summed E-state index contributed by atoms with van der Waals surface area (Å²) in [7, 11) is 1.92. The van der Waals surface area contributed by atoms with E-state index in [1.165, 1.54) is 56.3 Å². The Hall–Kier alpha value is -2.33. The van der Waals surface area contributed by atoms with E-state index < -0.39 is 5.60 Å². The zero-order chi connectivity index (χ0) is 25.5. The van der Waals surface area contributed by atoms with Crippen LogP contribution < -0.4 is 0 Å². The molecule has 1 saturated carbocycles. The first-order valence-electron chi connectivity index (χ1n) is 14.1. The molecule has 1 aliphatic carbocycles. The molecule has 1 heterocycles. The number of benzene rings is 2. The number of likely N-dealkylation sites (tertiary alicyclic amines) is 1. The summed E-state index contributed by atoms with van der Waals surface area (Å²) < 4.78 is 5.69. The Morgan fingerprint density at radius 2 is 1.61 bits per heavy atom. The van der Waals surface area contributed by atoms with Crippen LogP contribution in [0, 0.1) is 11.8 Å². The van der Waals surface area contributed by atoms with E-state index in [4.69, 9.17) is 4.74 Å². The summed E-state index contributed by atoms with van der Waals surface area (Å²) in [5.41, 5.74) is 2.42. The number of amides is 1. The number of piperidine rings is 1. The van der Waals surface area contributed by atoms with Crippen molar-refractivity contribution in [2.24, 2.45) is 11.8 Å². The molecule has 0 bridgehead atoms. The number of aryl methyl sites for hydroxylation is 1. The SMILES string of the molecule is CN(C(=O)OC(C)(C)C)C1C[C@H](CN2CCC(CCCc3ccccc3)CC2)[C@@H](c2ccccc2)C1. The first-order valence-corrected chi connectivity index (χ1v) is 14.1. The summed E-state index contributed by atoms with van der Waals surface area (Å²) in [4.78, 5) is 17.4.